The molecule has 34 heavy (non-hydrogen) atoms. The predicted molar refractivity (Wildman–Crippen MR) is 137 cm³/mol. The molecule has 0 saturated carbocycles. The zero-order valence-electron chi connectivity index (χ0n) is 20.3. The van der Waals surface area contributed by atoms with E-state index >= 15 is 0 Å². The number of hydrogen-bond donors (Lipinski definition) is 1. The summed E-state index contributed by atoms with van der Waals surface area (Å²) >= 11 is 0. The summed E-state index contributed by atoms with van der Waals surface area (Å²) in [5, 5.41) is 12.3. The minimum absolute atomic E-state index is 0.0955. The molecule has 6 heteroatoms. The fraction of sp³-hybridized carbons (Fsp3) is 0.321. The summed E-state index contributed by atoms with van der Waals surface area (Å²) in [5.74, 6) is 0.505. The van der Waals surface area contributed by atoms with Crippen LogP contribution in [0.25, 0.3) is 16.7 Å². The molecule has 0 bridgehead atoms. The minimum atomic E-state index is -0.188. The maximum Gasteiger partial charge on any atom is 0.255 e. The second-order valence-corrected chi connectivity index (χ2v) is 8.73. The first-order valence-electron chi connectivity index (χ1n) is 12.0. The van der Waals surface area contributed by atoms with E-state index in [0.29, 0.717) is 17.0 Å². The minimum Gasteiger partial charge on any atom is -0.491 e. The number of rotatable bonds is 9. The van der Waals surface area contributed by atoms with Crippen LogP contribution in [0.2, 0.25) is 0 Å². The lowest BCUT2D eigenvalue weighted by molar-refractivity contribution is 0.102. The van der Waals surface area contributed by atoms with E-state index in [-0.39, 0.29) is 12.0 Å². The van der Waals surface area contributed by atoms with E-state index in [9.17, 15) is 4.79 Å². The number of fused-ring (bicyclic) bond motifs is 1. The van der Waals surface area contributed by atoms with Gasteiger partial charge in [0.1, 0.15) is 16.8 Å². The molecule has 0 radical (unpaired) electrons. The molecule has 4 rings (SSSR count). The first-order valence-corrected chi connectivity index (χ1v) is 12.0. The van der Waals surface area contributed by atoms with Crippen molar-refractivity contribution in [1.82, 2.24) is 15.0 Å². The van der Waals surface area contributed by atoms with Crippen molar-refractivity contribution in [2.24, 2.45) is 0 Å². The summed E-state index contributed by atoms with van der Waals surface area (Å²) < 4.78 is 5.86. The smallest absolute Gasteiger partial charge is 0.255 e. The summed E-state index contributed by atoms with van der Waals surface area (Å²) in [6.07, 6.45) is 4.45. The Morgan fingerprint density at radius 3 is 2.47 bits per heavy atom. The second kappa shape index (κ2) is 10.5. The Labute approximate surface area is 200 Å². The fourth-order valence-electron chi connectivity index (χ4n) is 3.72. The first-order chi connectivity index (χ1) is 16.5. The third-order valence-electron chi connectivity index (χ3n) is 5.97. The average Bonchev–Trinajstić information content (AvgIpc) is 3.26. The molecule has 176 valence electrons. The molecule has 1 heterocycles. The number of hydrogen-bond acceptors (Lipinski definition) is 4. The zero-order chi connectivity index (χ0) is 24.1. The second-order valence-electron chi connectivity index (χ2n) is 8.73. The van der Waals surface area contributed by atoms with Crippen LogP contribution in [0.15, 0.2) is 60.7 Å². The molecule has 1 N–H and O–H groups in total. The molecule has 0 saturated heterocycles. The number of anilines is 1. The standard InChI is InChI=1S/C28H32N4O2/c1-5-7-9-21-12-14-23(15-13-21)32-30-26-16-19(3)25(18-27(26)31-32)29-28(33)22-10-8-11-24(17-22)34-20(4)6-2/h8,10-18,20H,5-7,9H2,1-4H3,(H,29,33)/t20-/m0/s1. The molecule has 0 aliphatic rings. The molecule has 6 nitrogen and oxygen atoms in total. The third-order valence-corrected chi connectivity index (χ3v) is 5.97. The molecule has 1 atom stereocenters. The summed E-state index contributed by atoms with van der Waals surface area (Å²) in [6.45, 7) is 8.24. The van der Waals surface area contributed by atoms with Crippen LogP contribution in [0.3, 0.4) is 0 Å². The van der Waals surface area contributed by atoms with Crippen molar-refractivity contribution >= 4 is 22.6 Å². The van der Waals surface area contributed by atoms with Crippen LogP contribution in [0.1, 0.15) is 61.5 Å². The number of carbonyl (C=O) groups excluding carboxylic acids is 1. The van der Waals surface area contributed by atoms with E-state index in [4.69, 9.17) is 4.74 Å². The Kier molecular flexibility index (Phi) is 7.26. The summed E-state index contributed by atoms with van der Waals surface area (Å²) in [5.41, 5.74) is 5.94. The van der Waals surface area contributed by atoms with E-state index in [0.717, 1.165) is 35.1 Å². The number of nitrogens with zero attached hydrogens (tertiary/aromatic N) is 3. The zero-order valence-corrected chi connectivity index (χ0v) is 20.3. The van der Waals surface area contributed by atoms with E-state index < -0.39 is 0 Å². The van der Waals surface area contributed by atoms with Crippen molar-refractivity contribution in [3.8, 4) is 11.4 Å². The van der Waals surface area contributed by atoms with Crippen LogP contribution in [-0.4, -0.2) is 27.0 Å². The average molecular weight is 457 g/mol. The van der Waals surface area contributed by atoms with Crippen LogP contribution in [-0.2, 0) is 6.42 Å². The molecule has 1 amide bonds. The van der Waals surface area contributed by atoms with Gasteiger partial charge in [-0.3, -0.25) is 4.79 Å². The third kappa shape index (κ3) is 5.45. The molecule has 4 aromatic rings. The number of unbranched alkanes of at least 4 members (excludes halogenated alkanes) is 1. The van der Waals surface area contributed by atoms with Gasteiger partial charge in [0.2, 0.25) is 0 Å². The van der Waals surface area contributed by atoms with Gasteiger partial charge in [0.15, 0.2) is 0 Å². The normalized spacial score (nSPS) is 12.0. The van der Waals surface area contributed by atoms with Crippen molar-refractivity contribution < 1.29 is 9.53 Å². The molecule has 0 unspecified atom stereocenters. The van der Waals surface area contributed by atoms with Crippen LogP contribution >= 0.6 is 0 Å². The molecule has 0 aliphatic heterocycles. The molecular formula is C28H32N4O2. The number of benzene rings is 3. The van der Waals surface area contributed by atoms with Crippen molar-refractivity contribution in [3.05, 3.63) is 77.4 Å². The van der Waals surface area contributed by atoms with Crippen molar-refractivity contribution in [3.63, 3.8) is 0 Å². The lowest BCUT2D eigenvalue weighted by atomic mass is 10.1. The fourth-order valence-corrected chi connectivity index (χ4v) is 3.72. The van der Waals surface area contributed by atoms with Crippen molar-refractivity contribution in [2.75, 3.05) is 5.32 Å². The Morgan fingerprint density at radius 1 is 1.03 bits per heavy atom. The van der Waals surface area contributed by atoms with Crippen LogP contribution in [0.5, 0.6) is 5.75 Å². The van der Waals surface area contributed by atoms with E-state index in [1.165, 1.54) is 18.4 Å². The van der Waals surface area contributed by atoms with Gasteiger partial charge in [-0.15, -0.1) is 10.2 Å². The van der Waals surface area contributed by atoms with Crippen LogP contribution in [0.4, 0.5) is 5.69 Å². The molecular weight excluding hydrogens is 424 g/mol. The molecule has 1 aromatic heterocycles. The predicted octanol–water partition coefficient (Wildman–Crippen LogP) is 6.50. The molecule has 3 aromatic carbocycles. The van der Waals surface area contributed by atoms with Crippen LogP contribution in [0, 0.1) is 6.92 Å². The van der Waals surface area contributed by atoms with Gasteiger partial charge in [-0.1, -0.05) is 38.5 Å². The lowest BCUT2D eigenvalue weighted by Crippen LogP contribution is -2.14. The van der Waals surface area contributed by atoms with Gasteiger partial charge in [0, 0.05) is 11.3 Å². The van der Waals surface area contributed by atoms with Gasteiger partial charge in [-0.2, -0.15) is 4.80 Å². The van der Waals surface area contributed by atoms with E-state index in [1.807, 2.05) is 50.2 Å². The Hall–Kier alpha value is -3.67. The number of aryl methyl sites for hydroxylation is 2. The van der Waals surface area contributed by atoms with Gasteiger partial charge >= 0.3 is 0 Å². The lowest BCUT2D eigenvalue weighted by Gasteiger charge is -2.13. The molecule has 0 fully saturated rings. The highest BCUT2D eigenvalue weighted by atomic mass is 16.5. The number of nitrogens with one attached hydrogen (secondary N) is 1. The first kappa shape index (κ1) is 23.5. The molecule has 0 spiro atoms. The van der Waals surface area contributed by atoms with Crippen LogP contribution < -0.4 is 10.1 Å². The van der Waals surface area contributed by atoms with Gasteiger partial charge in [-0.25, -0.2) is 0 Å². The highest BCUT2D eigenvalue weighted by Gasteiger charge is 2.13. The largest absolute Gasteiger partial charge is 0.491 e. The summed E-state index contributed by atoms with van der Waals surface area (Å²) in [7, 11) is 0. The number of amides is 1. The number of ether oxygens (including phenoxy) is 1. The summed E-state index contributed by atoms with van der Waals surface area (Å²) in [4.78, 5) is 14.6. The quantitative estimate of drug-likeness (QED) is 0.312. The highest BCUT2D eigenvalue weighted by molar-refractivity contribution is 6.05. The van der Waals surface area contributed by atoms with Gasteiger partial charge < -0.3 is 10.1 Å². The Bertz CT molecular complexity index is 1280. The van der Waals surface area contributed by atoms with Gasteiger partial charge in [0.25, 0.3) is 5.91 Å². The van der Waals surface area contributed by atoms with Crippen molar-refractivity contribution in [1.29, 1.82) is 0 Å². The highest BCUT2D eigenvalue weighted by Crippen LogP contribution is 2.24. The SMILES string of the molecule is CCCCc1ccc(-n2nc3cc(C)c(NC(=O)c4cccc(O[C@@H](C)CC)c4)cc3n2)cc1. The number of aromatic nitrogens is 3. The van der Waals surface area contributed by atoms with Crippen molar-refractivity contribution in [2.45, 2.75) is 59.5 Å². The van der Waals surface area contributed by atoms with Gasteiger partial charge in [-0.05, 0) is 86.7 Å². The summed E-state index contributed by atoms with van der Waals surface area (Å²) in [6, 6.07) is 19.5. The Morgan fingerprint density at radius 2 is 1.76 bits per heavy atom. The Balaban J connectivity index is 1.53. The topological polar surface area (TPSA) is 69.0 Å². The molecule has 0 aliphatic carbocycles. The number of carbonyl (C=O) groups is 1. The van der Waals surface area contributed by atoms with E-state index in [2.05, 4.69) is 41.5 Å². The maximum absolute atomic E-state index is 12.9. The van der Waals surface area contributed by atoms with Gasteiger partial charge in [0.05, 0.1) is 11.8 Å². The monoisotopic (exact) mass is 456 g/mol. The maximum atomic E-state index is 12.9. The van der Waals surface area contributed by atoms with E-state index in [1.54, 1.807) is 16.9 Å².